The highest BCUT2D eigenvalue weighted by Crippen LogP contribution is 2.33. The molecular weight excluding hydrogens is 268 g/mol. The summed E-state index contributed by atoms with van der Waals surface area (Å²) in [6.45, 7) is 1.86. The van der Waals surface area contributed by atoms with Gasteiger partial charge in [-0.15, -0.1) is 0 Å². The molecule has 0 saturated carbocycles. The number of likely N-dealkylation sites (N-methyl/N-ethyl adjacent to an activating group) is 1. The summed E-state index contributed by atoms with van der Waals surface area (Å²) in [6.07, 6.45) is 4.71. The van der Waals surface area contributed by atoms with Crippen molar-refractivity contribution in [3.8, 4) is 11.5 Å². The molecule has 2 aromatic rings. The third-order valence-electron chi connectivity index (χ3n) is 3.80. The maximum absolute atomic E-state index is 11.8. The Balaban J connectivity index is 2.47. The molecule has 0 amide bonds. The van der Waals surface area contributed by atoms with E-state index in [1.807, 2.05) is 60.3 Å². The zero-order valence-electron chi connectivity index (χ0n) is 12.7. The molecule has 0 aliphatic heterocycles. The van der Waals surface area contributed by atoms with Gasteiger partial charge in [0.15, 0.2) is 17.8 Å². The first-order valence-electron chi connectivity index (χ1n) is 6.62. The lowest BCUT2D eigenvalue weighted by atomic mass is 9.93. The Morgan fingerprint density at radius 1 is 1.14 bits per heavy atom. The molecule has 5 nitrogen and oxygen atoms in total. The molecule has 1 atom stereocenters. The molecule has 0 N–H and O–H groups in total. The van der Waals surface area contributed by atoms with Crippen molar-refractivity contribution in [3.05, 3.63) is 48.3 Å². The van der Waals surface area contributed by atoms with Gasteiger partial charge in [0.1, 0.15) is 5.54 Å². The number of carbonyl (C=O) groups is 1. The fourth-order valence-electron chi connectivity index (χ4n) is 2.25. The Morgan fingerprint density at radius 2 is 1.76 bits per heavy atom. The number of carbonyl (C=O) groups excluding carboxylic acids is 1. The Hall–Kier alpha value is -2.43. The molecule has 2 rings (SSSR count). The molecular formula is C16H20N2O3. The minimum Gasteiger partial charge on any atom is -0.493 e. The van der Waals surface area contributed by atoms with Crippen LogP contribution in [-0.4, -0.2) is 32.2 Å². The number of methoxy groups -OCH3 is 2. The number of aldehydes is 1. The first-order chi connectivity index (χ1) is 10.1. The lowest BCUT2D eigenvalue weighted by molar-refractivity contribution is -0.112. The van der Waals surface area contributed by atoms with E-state index in [2.05, 4.69) is 0 Å². The number of ether oxygens (including phenoxy) is 2. The van der Waals surface area contributed by atoms with Gasteiger partial charge in [-0.25, -0.2) is 0 Å². The Bertz CT molecular complexity index is 610. The second kappa shape index (κ2) is 5.91. The number of benzene rings is 1. The van der Waals surface area contributed by atoms with Gasteiger partial charge in [-0.1, -0.05) is 6.07 Å². The van der Waals surface area contributed by atoms with Gasteiger partial charge in [0.2, 0.25) is 0 Å². The lowest BCUT2D eigenvalue weighted by Gasteiger charge is -2.37. The highest BCUT2D eigenvalue weighted by atomic mass is 16.5. The quantitative estimate of drug-likeness (QED) is 0.764. The Labute approximate surface area is 124 Å². The Morgan fingerprint density at radius 3 is 2.29 bits per heavy atom. The molecule has 1 aromatic carbocycles. The summed E-state index contributed by atoms with van der Waals surface area (Å²) >= 11 is 0. The van der Waals surface area contributed by atoms with Crippen LogP contribution in [0.25, 0.3) is 0 Å². The predicted molar refractivity (Wildman–Crippen MR) is 81.5 cm³/mol. The molecule has 0 radical (unpaired) electrons. The number of hydrogen-bond acceptors (Lipinski definition) is 4. The van der Waals surface area contributed by atoms with E-state index >= 15 is 0 Å². The monoisotopic (exact) mass is 288 g/mol. The van der Waals surface area contributed by atoms with E-state index in [0.717, 1.165) is 11.8 Å². The van der Waals surface area contributed by atoms with Crippen LogP contribution in [0.15, 0.2) is 42.7 Å². The van der Waals surface area contributed by atoms with Crippen molar-refractivity contribution in [1.29, 1.82) is 0 Å². The van der Waals surface area contributed by atoms with Crippen molar-refractivity contribution < 1.29 is 14.3 Å². The molecule has 112 valence electrons. The van der Waals surface area contributed by atoms with E-state index in [1.54, 1.807) is 20.3 Å². The van der Waals surface area contributed by atoms with Gasteiger partial charge in [-0.3, -0.25) is 9.69 Å². The second-order valence-electron chi connectivity index (χ2n) is 4.92. The first kappa shape index (κ1) is 15.0. The summed E-state index contributed by atoms with van der Waals surface area (Å²) in [5, 5.41) is 1.86. The zero-order valence-corrected chi connectivity index (χ0v) is 12.7. The molecule has 0 fully saturated rings. The summed E-state index contributed by atoms with van der Waals surface area (Å²) in [5.41, 5.74) is 0.00446. The summed E-state index contributed by atoms with van der Waals surface area (Å²) in [4.78, 5) is 11.8. The zero-order chi connectivity index (χ0) is 15.5. The highest BCUT2D eigenvalue weighted by molar-refractivity contribution is 5.71. The smallest absolute Gasteiger partial charge is 0.161 e. The van der Waals surface area contributed by atoms with Gasteiger partial charge >= 0.3 is 0 Å². The number of hydrogen-bond donors (Lipinski definition) is 0. The third-order valence-corrected chi connectivity index (χ3v) is 3.80. The van der Waals surface area contributed by atoms with Gasteiger partial charge in [0, 0.05) is 19.4 Å². The summed E-state index contributed by atoms with van der Waals surface area (Å²) in [6, 6.07) is 9.33. The van der Waals surface area contributed by atoms with Crippen molar-refractivity contribution in [1.82, 2.24) is 4.68 Å². The largest absolute Gasteiger partial charge is 0.493 e. The molecule has 1 heterocycles. The van der Waals surface area contributed by atoms with Gasteiger partial charge in [0.05, 0.1) is 14.2 Å². The van der Waals surface area contributed by atoms with Gasteiger partial charge in [-0.05, 0) is 36.8 Å². The average molecular weight is 288 g/mol. The van der Waals surface area contributed by atoms with E-state index in [9.17, 15) is 4.79 Å². The maximum atomic E-state index is 11.8. The average Bonchev–Trinajstić information content (AvgIpc) is 3.06. The van der Waals surface area contributed by atoms with Crippen LogP contribution in [-0.2, 0) is 10.3 Å². The third kappa shape index (κ3) is 2.59. The minimum atomic E-state index is -0.821. The van der Waals surface area contributed by atoms with Gasteiger partial charge < -0.3 is 14.3 Å². The van der Waals surface area contributed by atoms with Gasteiger partial charge in [-0.2, -0.15) is 0 Å². The maximum Gasteiger partial charge on any atom is 0.161 e. The van der Waals surface area contributed by atoms with Crippen LogP contribution in [0.1, 0.15) is 12.5 Å². The predicted octanol–water partition coefficient (Wildman–Crippen LogP) is 2.19. The van der Waals surface area contributed by atoms with Crippen LogP contribution < -0.4 is 14.5 Å². The van der Waals surface area contributed by atoms with Crippen LogP contribution >= 0.6 is 0 Å². The molecule has 1 aromatic heterocycles. The van der Waals surface area contributed by atoms with Crippen LogP contribution in [0.4, 0.5) is 0 Å². The molecule has 0 aliphatic carbocycles. The van der Waals surface area contributed by atoms with Crippen molar-refractivity contribution in [2.45, 2.75) is 12.5 Å². The number of nitrogens with zero attached hydrogens (tertiary/aromatic N) is 2. The minimum absolute atomic E-state index is 0.601. The van der Waals surface area contributed by atoms with Crippen LogP contribution in [0.5, 0.6) is 11.5 Å². The van der Waals surface area contributed by atoms with E-state index in [-0.39, 0.29) is 0 Å². The van der Waals surface area contributed by atoms with Crippen molar-refractivity contribution in [2.75, 3.05) is 26.3 Å². The Kier molecular flexibility index (Phi) is 4.21. The van der Waals surface area contributed by atoms with Crippen LogP contribution in [0.2, 0.25) is 0 Å². The molecule has 0 spiro atoms. The van der Waals surface area contributed by atoms with Crippen LogP contribution in [0.3, 0.4) is 0 Å². The van der Waals surface area contributed by atoms with E-state index in [1.165, 1.54) is 0 Å². The second-order valence-corrected chi connectivity index (χ2v) is 4.92. The number of aromatic nitrogens is 1. The fourth-order valence-corrected chi connectivity index (χ4v) is 2.25. The van der Waals surface area contributed by atoms with E-state index in [0.29, 0.717) is 11.5 Å². The van der Waals surface area contributed by atoms with Crippen molar-refractivity contribution >= 4 is 6.29 Å². The van der Waals surface area contributed by atoms with E-state index < -0.39 is 5.54 Å². The highest BCUT2D eigenvalue weighted by Gasteiger charge is 2.32. The molecule has 1 unspecified atom stereocenters. The normalized spacial score (nSPS) is 13.3. The molecule has 0 bridgehead atoms. The van der Waals surface area contributed by atoms with Crippen LogP contribution in [0, 0.1) is 0 Å². The molecule has 0 saturated heterocycles. The molecule has 0 aliphatic rings. The summed E-state index contributed by atoms with van der Waals surface area (Å²) < 4.78 is 12.4. The summed E-state index contributed by atoms with van der Waals surface area (Å²) in [7, 11) is 5.03. The standard InChI is InChI=1S/C16H20N2O3/c1-16(12-19,17(2)18-9-5-6-10-18)13-7-8-14(20-3)15(11-13)21-4/h5-12H,1-4H3. The fraction of sp³-hybridized carbons (Fsp3) is 0.312. The topological polar surface area (TPSA) is 43.7 Å². The van der Waals surface area contributed by atoms with Crippen molar-refractivity contribution in [3.63, 3.8) is 0 Å². The first-order valence-corrected chi connectivity index (χ1v) is 6.62. The molecule has 5 heteroatoms. The SMILES string of the molecule is COc1ccc(C(C)(C=O)N(C)n2cccc2)cc1OC. The molecule has 21 heavy (non-hydrogen) atoms. The van der Waals surface area contributed by atoms with E-state index in [4.69, 9.17) is 9.47 Å². The summed E-state index contributed by atoms with van der Waals surface area (Å²) in [5.74, 6) is 1.24. The number of rotatable bonds is 6. The lowest BCUT2D eigenvalue weighted by Crippen LogP contribution is -2.48. The van der Waals surface area contributed by atoms with Gasteiger partial charge in [0.25, 0.3) is 0 Å². The van der Waals surface area contributed by atoms with Crippen molar-refractivity contribution in [2.24, 2.45) is 0 Å².